The minimum atomic E-state index is -0.333. The summed E-state index contributed by atoms with van der Waals surface area (Å²) in [5.74, 6) is 0.0194. The third-order valence-electron chi connectivity index (χ3n) is 3.68. The van der Waals surface area contributed by atoms with Crippen LogP contribution in [0.4, 0.5) is 0 Å². The number of carbonyl (C=O) groups is 1. The Morgan fingerprint density at radius 1 is 1.39 bits per heavy atom. The first-order valence-corrected chi connectivity index (χ1v) is 8.42. The normalized spacial score (nSPS) is 12.6. The monoisotopic (exact) mass is 330 g/mol. The van der Waals surface area contributed by atoms with Crippen molar-refractivity contribution in [1.82, 2.24) is 19.7 Å². The van der Waals surface area contributed by atoms with Gasteiger partial charge in [0, 0.05) is 29.2 Å². The quantitative estimate of drug-likeness (QED) is 0.538. The fourth-order valence-corrected chi connectivity index (χ4v) is 3.47. The predicted octanol–water partition coefficient (Wildman–Crippen LogP) is 2.83. The molecule has 0 aliphatic heterocycles. The van der Waals surface area contributed by atoms with Crippen LogP contribution in [0, 0.1) is 0 Å². The van der Waals surface area contributed by atoms with Crippen LogP contribution in [-0.2, 0) is 6.54 Å². The molecule has 0 fully saturated rings. The van der Waals surface area contributed by atoms with Gasteiger partial charge in [0.2, 0.25) is 0 Å². The summed E-state index contributed by atoms with van der Waals surface area (Å²) in [6.07, 6.45) is 2.57. The van der Waals surface area contributed by atoms with Crippen LogP contribution in [0.5, 0.6) is 0 Å². The number of aromatic amines is 2. The van der Waals surface area contributed by atoms with Gasteiger partial charge in [-0.3, -0.25) is 9.36 Å². The Kier molecular flexibility index (Phi) is 4.38. The summed E-state index contributed by atoms with van der Waals surface area (Å²) in [6, 6.07) is 7.71. The van der Waals surface area contributed by atoms with Crippen molar-refractivity contribution in [2.75, 3.05) is 0 Å². The number of H-pyrrole nitrogens is 2. The number of rotatable bonds is 6. The van der Waals surface area contributed by atoms with E-state index in [4.69, 9.17) is 0 Å². The summed E-state index contributed by atoms with van der Waals surface area (Å²) in [6.45, 7) is 4.42. The molecular formula is C16H18N4O2S. The zero-order chi connectivity index (χ0) is 16.4. The number of aromatic nitrogens is 4. The topological polar surface area (TPSA) is 83.5 Å². The van der Waals surface area contributed by atoms with Crippen molar-refractivity contribution in [3.63, 3.8) is 0 Å². The fourth-order valence-electron chi connectivity index (χ4n) is 2.52. The molecule has 120 valence electrons. The molecule has 2 heterocycles. The maximum Gasteiger partial charge on any atom is 0.343 e. The third kappa shape index (κ3) is 2.96. The summed E-state index contributed by atoms with van der Waals surface area (Å²) in [4.78, 5) is 27.6. The molecule has 0 aliphatic rings. The number of nitrogens with zero attached hydrogens (tertiary/aromatic N) is 2. The van der Waals surface area contributed by atoms with E-state index in [1.807, 2.05) is 38.1 Å². The number of ketones is 1. The second-order valence-corrected chi connectivity index (χ2v) is 6.64. The molecule has 1 unspecified atom stereocenters. The molecule has 0 amide bonds. The molecule has 0 saturated heterocycles. The molecule has 1 aromatic carbocycles. The van der Waals surface area contributed by atoms with Crippen molar-refractivity contribution in [2.45, 2.75) is 37.2 Å². The SMILES string of the molecule is CCCn1c(SC(C)C(=O)c2c[nH]c3ccccc23)n[nH]c1=O. The van der Waals surface area contributed by atoms with Gasteiger partial charge in [-0.25, -0.2) is 9.89 Å². The highest BCUT2D eigenvalue weighted by Gasteiger charge is 2.22. The van der Waals surface area contributed by atoms with Crippen LogP contribution in [0.1, 0.15) is 30.6 Å². The minimum Gasteiger partial charge on any atom is -0.360 e. The van der Waals surface area contributed by atoms with E-state index in [9.17, 15) is 9.59 Å². The van der Waals surface area contributed by atoms with Crippen LogP contribution in [0.3, 0.4) is 0 Å². The van der Waals surface area contributed by atoms with E-state index >= 15 is 0 Å². The third-order valence-corrected chi connectivity index (χ3v) is 4.77. The van der Waals surface area contributed by atoms with E-state index in [-0.39, 0.29) is 16.7 Å². The Morgan fingerprint density at radius 3 is 2.96 bits per heavy atom. The van der Waals surface area contributed by atoms with E-state index in [0.29, 0.717) is 17.3 Å². The molecule has 6 nitrogen and oxygen atoms in total. The smallest absolute Gasteiger partial charge is 0.343 e. The molecule has 0 aliphatic carbocycles. The summed E-state index contributed by atoms with van der Waals surface area (Å²) >= 11 is 1.30. The van der Waals surface area contributed by atoms with E-state index < -0.39 is 0 Å². The summed E-state index contributed by atoms with van der Waals surface area (Å²) < 4.78 is 1.57. The van der Waals surface area contributed by atoms with Crippen LogP contribution in [-0.4, -0.2) is 30.8 Å². The Bertz CT molecular complexity index is 893. The minimum absolute atomic E-state index is 0.0194. The predicted molar refractivity (Wildman–Crippen MR) is 91.1 cm³/mol. The largest absolute Gasteiger partial charge is 0.360 e. The zero-order valence-corrected chi connectivity index (χ0v) is 13.8. The van der Waals surface area contributed by atoms with Crippen molar-refractivity contribution < 1.29 is 4.79 Å². The molecule has 0 radical (unpaired) electrons. The second-order valence-electron chi connectivity index (χ2n) is 5.34. The summed E-state index contributed by atoms with van der Waals surface area (Å²) in [5.41, 5.74) is 1.37. The van der Waals surface area contributed by atoms with Gasteiger partial charge in [0.1, 0.15) is 0 Å². The van der Waals surface area contributed by atoms with Crippen LogP contribution in [0.25, 0.3) is 10.9 Å². The lowest BCUT2D eigenvalue weighted by molar-refractivity contribution is 0.0995. The van der Waals surface area contributed by atoms with Crippen LogP contribution >= 0.6 is 11.8 Å². The van der Waals surface area contributed by atoms with Gasteiger partial charge in [-0.1, -0.05) is 36.9 Å². The van der Waals surface area contributed by atoms with Crippen LogP contribution in [0.2, 0.25) is 0 Å². The second kappa shape index (κ2) is 6.45. The van der Waals surface area contributed by atoms with E-state index in [1.54, 1.807) is 10.8 Å². The molecule has 0 spiro atoms. The van der Waals surface area contributed by atoms with E-state index in [1.165, 1.54) is 11.8 Å². The summed E-state index contributed by atoms with van der Waals surface area (Å²) in [7, 11) is 0. The first-order chi connectivity index (χ1) is 11.1. The van der Waals surface area contributed by atoms with Gasteiger partial charge in [0.25, 0.3) is 0 Å². The van der Waals surface area contributed by atoms with Crippen molar-refractivity contribution in [1.29, 1.82) is 0 Å². The Hall–Kier alpha value is -2.28. The molecule has 1 atom stereocenters. The number of para-hydroxylation sites is 1. The number of benzene rings is 1. The standard InChI is InChI=1S/C16H18N4O2S/c1-3-8-20-15(22)18-19-16(20)23-10(2)14(21)12-9-17-13-7-5-4-6-11(12)13/h4-7,9-10,17H,3,8H2,1-2H3,(H,18,22). The number of thioether (sulfide) groups is 1. The molecule has 2 N–H and O–H groups in total. The Balaban J connectivity index is 1.85. The first-order valence-electron chi connectivity index (χ1n) is 7.54. The number of hydrogen-bond donors (Lipinski definition) is 2. The van der Waals surface area contributed by atoms with Crippen LogP contribution < -0.4 is 5.69 Å². The van der Waals surface area contributed by atoms with Gasteiger partial charge >= 0.3 is 5.69 Å². The lowest BCUT2D eigenvalue weighted by Crippen LogP contribution is -2.19. The van der Waals surface area contributed by atoms with Crippen LogP contribution in [0.15, 0.2) is 40.4 Å². The van der Waals surface area contributed by atoms with Gasteiger partial charge in [-0.05, 0) is 19.4 Å². The molecule has 0 bridgehead atoms. The van der Waals surface area contributed by atoms with Crippen molar-refractivity contribution in [3.05, 3.63) is 46.5 Å². The Labute approximate surface area is 137 Å². The van der Waals surface area contributed by atoms with E-state index in [2.05, 4.69) is 15.2 Å². The maximum atomic E-state index is 12.7. The molecule has 3 aromatic rings. The lowest BCUT2D eigenvalue weighted by atomic mass is 10.1. The highest BCUT2D eigenvalue weighted by atomic mass is 32.2. The zero-order valence-electron chi connectivity index (χ0n) is 13.0. The van der Waals surface area contributed by atoms with Gasteiger partial charge in [0.05, 0.1) is 5.25 Å². The van der Waals surface area contributed by atoms with Crippen molar-refractivity contribution in [3.8, 4) is 0 Å². The maximum absolute atomic E-state index is 12.7. The molecule has 0 saturated carbocycles. The summed E-state index contributed by atoms with van der Waals surface area (Å²) in [5, 5.41) is 7.61. The van der Waals surface area contributed by atoms with Gasteiger partial charge in [-0.2, -0.15) is 0 Å². The molecule has 7 heteroatoms. The van der Waals surface area contributed by atoms with Gasteiger partial charge in [0.15, 0.2) is 10.9 Å². The Morgan fingerprint density at radius 2 is 2.17 bits per heavy atom. The van der Waals surface area contributed by atoms with E-state index in [0.717, 1.165) is 17.3 Å². The molecule has 3 rings (SSSR count). The highest BCUT2D eigenvalue weighted by molar-refractivity contribution is 8.00. The van der Waals surface area contributed by atoms with Gasteiger partial charge in [-0.15, -0.1) is 5.10 Å². The average molecular weight is 330 g/mol. The molecule has 2 aromatic heterocycles. The number of Topliss-reactive ketones (excluding diaryl/α,β-unsaturated/α-hetero) is 1. The number of carbonyl (C=O) groups excluding carboxylic acids is 1. The fraction of sp³-hybridized carbons (Fsp3) is 0.312. The van der Waals surface area contributed by atoms with Gasteiger partial charge < -0.3 is 4.98 Å². The van der Waals surface area contributed by atoms with Crippen molar-refractivity contribution >= 4 is 28.4 Å². The average Bonchev–Trinajstić information content (AvgIpc) is 3.13. The number of nitrogens with one attached hydrogen (secondary N) is 2. The number of hydrogen-bond acceptors (Lipinski definition) is 4. The first kappa shape index (κ1) is 15.6. The lowest BCUT2D eigenvalue weighted by Gasteiger charge is -2.09. The van der Waals surface area contributed by atoms with Crippen molar-refractivity contribution in [2.24, 2.45) is 0 Å². The number of fused-ring (bicyclic) bond motifs is 1. The molecule has 23 heavy (non-hydrogen) atoms. The molecular weight excluding hydrogens is 312 g/mol. The highest BCUT2D eigenvalue weighted by Crippen LogP contribution is 2.26.